The zero-order valence-corrected chi connectivity index (χ0v) is 13.0. The highest BCUT2D eigenvalue weighted by molar-refractivity contribution is 5.46. The molecule has 0 aromatic rings. The van der Waals surface area contributed by atoms with Crippen molar-refractivity contribution in [2.45, 2.75) is 39.5 Å². The van der Waals surface area contributed by atoms with Crippen molar-refractivity contribution >= 4 is 6.41 Å². The van der Waals surface area contributed by atoms with Gasteiger partial charge in [0.2, 0.25) is 6.41 Å². The molecule has 2 rings (SSSR count). The Kier molecular flexibility index (Phi) is 9.31. The lowest BCUT2D eigenvalue weighted by Gasteiger charge is -2.20. The van der Waals surface area contributed by atoms with Gasteiger partial charge in [-0.05, 0) is 24.7 Å². The molecule has 1 aliphatic heterocycles. The highest BCUT2D eigenvalue weighted by Crippen LogP contribution is 2.53. The quantitative estimate of drug-likeness (QED) is 0.798. The molecule has 4 nitrogen and oxygen atoms in total. The van der Waals surface area contributed by atoms with Gasteiger partial charge in [-0.25, -0.2) is 0 Å². The van der Waals surface area contributed by atoms with Crippen LogP contribution in [0.15, 0.2) is 12.3 Å². The molecular weight excluding hydrogens is 240 g/mol. The molecule has 1 heterocycles. The van der Waals surface area contributed by atoms with Crippen LogP contribution < -0.4 is 5.32 Å². The first-order valence-corrected chi connectivity index (χ1v) is 7.09. The fraction of sp³-hybridized carbons (Fsp3) is 0.800. The Labute approximate surface area is 118 Å². The number of ether oxygens (including phenoxy) is 1. The van der Waals surface area contributed by atoms with Gasteiger partial charge < -0.3 is 15.0 Å². The van der Waals surface area contributed by atoms with Crippen molar-refractivity contribution in [2.24, 2.45) is 5.41 Å². The van der Waals surface area contributed by atoms with Crippen molar-refractivity contribution in [1.29, 1.82) is 0 Å². The van der Waals surface area contributed by atoms with Gasteiger partial charge in [-0.3, -0.25) is 4.79 Å². The van der Waals surface area contributed by atoms with E-state index < -0.39 is 0 Å². The third-order valence-electron chi connectivity index (χ3n) is 3.23. The Bertz CT molecular complexity index is 261. The van der Waals surface area contributed by atoms with Crippen LogP contribution in [0.1, 0.15) is 39.5 Å². The predicted octanol–water partition coefficient (Wildman–Crippen LogP) is 2.41. The minimum absolute atomic E-state index is 0.597. The van der Waals surface area contributed by atoms with Crippen LogP contribution in [-0.2, 0) is 9.53 Å². The normalized spacial score (nSPS) is 17.8. The molecule has 0 radical (unpaired) electrons. The second kappa shape index (κ2) is 9.84. The fourth-order valence-electron chi connectivity index (χ4n) is 2.06. The van der Waals surface area contributed by atoms with E-state index in [-0.39, 0.29) is 0 Å². The van der Waals surface area contributed by atoms with E-state index in [1.54, 1.807) is 14.2 Å². The van der Waals surface area contributed by atoms with Crippen molar-refractivity contribution in [2.75, 3.05) is 33.9 Å². The second-order valence-electron chi connectivity index (χ2n) is 5.35. The number of likely N-dealkylation sites (tertiary alicyclic amines) is 1. The zero-order valence-electron chi connectivity index (χ0n) is 13.0. The van der Waals surface area contributed by atoms with E-state index in [2.05, 4.69) is 35.4 Å². The summed E-state index contributed by atoms with van der Waals surface area (Å²) in [4.78, 5) is 12.4. The number of carbonyl (C=O) groups excluding carboxylic acids is 1. The Morgan fingerprint density at radius 3 is 2.26 bits per heavy atom. The second-order valence-corrected chi connectivity index (χ2v) is 5.35. The van der Waals surface area contributed by atoms with Crippen molar-refractivity contribution in [3.8, 4) is 0 Å². The number of hydrogen-bond donors (Lipinski definition) is 1. The minimum Gasteiger partial charge on any atom is -0.388 e. The molecule has 0 aromatic carbocycles. The van der Waals surface area contributed by atoms with Crippen molar-refractivity contribution in [3.05, 3.63) is 12.3 Å². The number of nitrogens with zero attached hydrogens (tertiary/aromatic N) is 1. The maximum absolute atomic E-state index is 10.1. The Morgan fingerprint density at radius 2 is 1.89 bits per heavy atom. The first-order chi connectivity index (χ1) is 9.09. The Balaban J connectivity index is 0.000000465. The van der Waals surface area contributed by atoms with Gasteiger partial charge in [0.05, 0.1) is 6.54 Å². The first-order valence-electron chi connectivity index (χ1n) is 7.09. The van der Waals surface area contributed by atoms with Gasteiger partial charge in [0.25, 0.3) is 0 Å². The third kappa shape index (κ3) is 7.21. The molecule has 1 amide bonds. The average Bonchev–Trinajstić information content (AvgIpc) is 2.98. The number of methoxy groups -OCH3 is 1. The van der Waals surface area contributed by atoms with Crippen LogP contribution in [0.25, 0.3) is 0 Å². The maximum Gasteiger partial charge on any atom is 0.207 e. The van der Waals surface area contributed by atoms with Crippen LogP contribution in [0.2, 0.25) is 0 Å². The van der Waals surface area contributed by atoms with E-state index in [4.69, 9.17) is 0 Å². The summed E-state index contributed by atoms with van der Waals surface area (Å²) < 4.78 is 4.25. The summed E-state index contributed by atoms with van der Waals surface area (Å²) in [7, 11) is 3.25. The Morgan fingerprint density at radius 1 is 1.37 bits per heavy atom. The van der Waals surface area contributed by atoms with Crippen LogP contribution in [0, 0.1) is 5.41 Å². The van der Waals surface area contributed by atoms with E-state index in [9.17, 15) is 4.79 Å². The van der Waals surface area contributed by atoms with Gasteiger partial charge in [-0.15, -0.1) is 0 Å². The standard InChI is InChI=1S/C10H16N2O.C3H8.C2H6O/c1-9(6-11-8-13)12-5-4-10(7-12)2-3-10;2*1-3-2/h8H,1-7H2,(H,11,13);3H2,1-2H3;1-2H3. The third-order valence-corrected chi connectivity index (χ3v) is 3.23. The highest BCUT2D eigenvalue weighted by atomic mass is 16.4. The first kappa shape index (κ1) is 18.0. The van der Waals surface area contributed by atoms with Crippen LogP contribution in [-0.4, -0.2) is 45.2 Å². The Hall–Kier alpha value is -1.03. The van der Waals surface area contributed by atoms with Crippen LogP contribution in [0.5, 0.6) is 0 Å². The maximum atomic E-state index is 10.1. The molecule has 0 bridgehead atoms. The molecular formula is C15H30N2O2. The fourth-order valence-corrected chi connectivity index (χ4v) is 2.06. The van der Waals surface area contributed by atoms with Gasteiger partial charge in [-0.1, -0.05) is 26.8 Å². The zero-order chi connectivity index (χ0) is 14.7. The molecule has 4 heteroatoms. The molecule has 2 aliphatic rings. The van der Waals surface area contributed by atoms with Crippen LogP contribution >= 0.6 is 0 Å². The molecule has 0 unspecified atom stereocenters. The number of rotatable bonds is 4. The lowest BCUT2D eigenvalue weighted by molar-refractivity contribution is -0.109. The topological polar surface area (TPSA) is 41.6 Å². The van der Waals surface area contributed by atoms with Gasteiger partial charge in [-0.2, -0.15) is 0 Å². The molecule has 1 aliphatic carbocycles. The summed E-state index contributed by atoms with van der Waals surface area (Å²) in [5.74, 6) is 0. The average molecular weight is 270 g/mol. The van der Waals surface area contributed by atoms with E-state index in [1.807, 2.05) is 0 Å². The molecule has 112 valence electrons. The molecule has 0 atom stereocenters. The minimum atomic E-state index is 0.597. The molecule has 2 fully saturated rings. The van der Waals surface area contributed by atoms with Gasteiger partial charge in [0, 0.05) is 33.0 Å². The summed E-state index contributed by atoms with van der Waals surface area (Å²) in [6.07, 6.45) is 6.07. The molecule has 19 heavy (non-hydrogen) atoms. The van der Waals surface area contributed by atoms with E-state index in [0.717, 1.165) is 25.2 Å². The molecule has 1 saturated carbocycles. The van der Waals surface area contributed by atoms with E-state index >= 15 is 0 Å². The van der Waals surface area contributed by atoms with Crippen LogP contribution in [0.4, 0.5) is 0 Å². The largest absolute Gasteiger partial charge is 0.388 e. The van der Waals surface area contributed by atoms with Crippen LogP contribution in [0.3, 0.4) is 0 Å². The van der Waals surface area contributed by atoms with Gasteiger partial charge >= 0.3 is 0 Å². The summed E-state index contributed by atoms with van der Waals surface area (Å²) in [6, 6.07) is 0. The van der Waals surface area contributed by atoms with Crippen molar-refractivity contribution in [3.63, 3.8) is 0 Å². The summed E-state index contributed by atoms with van der Waals surface area (Å²) in [5.41, 5.74) is 1.69. The van der Waals surface area contributed by atoms with E-state index in [1.165, 1.54) is 25.7 Å². The molecule has 1 N–H and O–H groups in total. The number of hydrogen-bond acceptors (Lipinski definition) is 3. The predicted molar refractivity (Wildman–Crippen MR) is 80.0 cm³/mol. The van der Waals surface area contributed by atoms with Gasteiger partial charge in [0.15, 0.2) is 0 Å². The SMILES string of the molecule is C=C(CNC=O)N1CCC2(CC2)C1.CCC.COC. The highest BCUT2D eigenvalue weighted by Gasteiger charge is 2.47. The molecule has 0 aromatic heterocycles. The van der Waals surface area contributed by atoms with E-state index in [0.29, 0.717) is 12.0 Å². The summed E-state index contributed by atoms with van der Waals surface area (Å²) in [6.45, 7) is 11.1. The van der Waals surface area contributed by atoms with Crippen molar-refractivity contribution < 1.29 is 9.53 Å². The van der Waals surface area contributed by atoms with Crippen molar-refractivity contribution in [1.82, 2.24) is 10.2 Å². The number of nitrogens with one attached hydrogen (secondary N) is 1. The lowest BCUT2D eigenvalue weighted by atomic mass is 10.1. The lowest BCUT2D eigenvalue weighted by Crippen LogP contribution is -2.27. The smallest absolute Gasteiger partial charge is 0.207 e. The molecule has 1 spiro atoms. The number of carbonyl (C=O) groups is 1. The summed E-state index contributed by atoms with van der Waals surface area (Å²) >= 11 is 0. The molecule has 1 saturated heterocycles. The number of amides is 1. The summed E-state index contributed by atoms with van der Waals surface area (Å²) in [5, 5.41) is 2.65. The van der Waals surface area contributed by atoms with Gasteiger partial charge in [0.1, 0.15) is 0 Å². The monoisotopic (exact) mass is 270 g/mol.